The Bertz CT molecular complexity index is 517. The third kappa shape index (κ3) is 4.36. The topological polar surface area (TPSA) is 36.9 Å². The summed E-state index contributed by atoms with van der Waals surface area (Å²) in [4.78, 5) is 8.50. The first-order valence-electron chi connectivity index (χ1n) is 7.56. The molecule has 2 aliphatic heterocycles. The fourth-order valence-corrected chi connectivity index (χ4v) is 4.51. The number of aliphatic imine (C=N–C) groups is 1. The average Bonchev–Trinajstić information content (AvgIpc) is 3.19. The van der Waals surface area contributed by atoms with Gasteiger partial charge < -0.3 is 15.0 Å². The predicted molar refractivity (Wildman–Crippen MR) is 106 cm³/mol. The highest BCUT2D eigenvalue weighted by atomic mass is 127. The SMILES string of the molecule is CCNC(=NCc1ccc(Br)s1)N1CCC2(CCOC2)C1.I. The quantitative estimate of drug-likeness (QED) is 0.391. The second kappa shape index (κ2) is 8.30. The van der Waals surface area contributed by atoms with Gasteiger partial charge in [-0.15, -0.1) is 35.3 Å². The van der Waals surface area contributed by atoms with Crippen molar-refractivity contribution in [1.82, 2.24) is 10.2 Å². The van der Waals surface area contributed by atoms with Gasteiger partial charge in [0.25, 0.3) is 0 Å². The molecule has 3 rings (SSSR count). The molecule has 0 aromatic carbocycles. The van der Waals surface area contributed by atoms with Gasteiger partial charge in [-0.1, -0.05) is 0 Å². The molecule has 1 atom stereocenters. The first-order valence-corrected chi connectivity index (χ1v) is 9.17. The van der Waals surface area contributed by atoms with Gasteiger partial charge in [-0.2, -0.15) is 0 Å². The van der Waals surface area contributed by atoms with E-state index in [0.29, 0.717) is 5.41 Å². The molecule has 1 N–H and O–H groups in total. The third-order valence-electron chi connectivity index (χ3n) is 4.27. The lowest BCUT2D eigenvalue weighted by molar-refractivity contribution is 0.156. The molecule has 4 nitrogen and oxygen atoms in total. The van der Waals surface area contributed by atoms with Gasteiger partial charge in [-0.25, -0.2) is 4.99 Å². The Morgan fingerprint density at radius 3 is 3.00 bits per heavy atom. The Morgan fingerprint density at radius 1 is 1.50 bits per heavy atom. The van der Waals surface area contributed by atoms with Gasteiger partial charge in [-0.3, -0.25) is 0 Å². The molecular weight excluding hydrogens is 477 g/mol. The van der Waals surface area contributed by atoms with Crippen LogP contribution in [0.4, 0.5) is 0 Å². The zero-order valence-electron chi connectivity index (χ0n) is 12.8. The number of thiophene rings is 1. The smallest absolute Gasteiger partial charge is 0.194 e. The van der Waals surface area contributed by atoms with Gasteiger partial charge in [0, 0.05) is 36.5 Å². The van der Waals surface area contributed by atoms with Crippen molar-refractivity contribution in [3.8, 4) is 0 Å². The molecule has 1 aromatic heterocycles. The van der Waals surface area contributed by atoms with Crippen LogP contribution in [0, 0.1) is 5.41 Å². The Morgan fingerprint density at radius 2 is 2.36 bits per heavy atom. The first kappa shape index (κ1) is 18.5. The summed E-state index contributed by atoms with van der Waals surface area (Å²) in [5.74, 6) is 1.05. The predicted octanol–water partition coefficient (Wildman–Crippen LogP) is 3.71. The van der Waals surface area contributed by atoms with Crippen molar-refractivity contribution in [1.29, 1.82) is 0 Å². The van der Waals surface area contributed by atoms with Crippen LogP contribution in [0.25, 0.3) is 0 Å². The molecule has 22 heavy (non-hydrogen) atoms. The van der Waals surface area contributed by atoms with E-state index in [2.05, 4.69) is 45.2 Å². The zero-order chi connectivity index (χ0) is 14.7. The standard InChI is InChI=1S/C15H22BrN3OS.HI/c1-2-17-14(18-9-12-3-4-13(16)21-12)19-7-5-15(10-19)6-8-20-11-15;/h3-4H,2,5-11H2,1H3,(H,17,18);1H. The number of nitrogens with zero attached hydrogens (tertiary/aromatic N) is 2. The number of hydrogen-bond acceptors (Lipinski definition) is 3. The summed E-state index contributed by atoms with van der Waals surface area (Å²) in [6, 6.07) is 4.22. The molecule has 1 aromatic rings. The van der Waals surface area contributed by atoms with Crippen molar-refractivity contribution >= 4 is 57.2 Å². The van der Waals surface area contributed by atoms with Crippen molar-refractivity contribution in [2.75, 3.05) is 32.8 Å². The van der Waals surface area contributed by atoms with Gasteiger partial charge in [0.2, 0.25) is 0 Å². The second-order valence-corrected chi connectivity index (χ2v) is 8.40. The van der Waals surface area contributed by atoms with Crippen molar-refractivity contribution < 1.29 is 4.74 Å². The van der Waals surface area contributed by atoms with Crippen LogP contribution >= 0.6 is 51.2 Å². The lowest BCUT2D eigenvalue weighted by atomic mass is 9.87. The van der Waals surface area contributed by atoms with Gasteiger partial charge >= 0.3 is 0 Å². The van der Waals surface area contributed by atoms with Gasteiger partial charge in [0.15, 0.2) is 5.96 Å². The van der Waals surface area contributed by atoms with Gasteiger partial charge in [-0.05, 0) is 47.8 Å². The van der Waals surface area contributed by atoms with Crippen LogP contribution in [-0.4, -0.2) is 43.7 Å². The largest absolute Gasteiger partial charge is 0.381 e. The second-order valence-electron chi connectivity index (χ2n) is 5.85. The molecule has 1 unspecified atom stereocenters. The highest BCUT2D eigenvalue weighted by Gasteiger charge is 2.42. The number of guanidine groups is 1. The molecule has 0 amide bonds. The molecule has 3 heterocycles. The van der Waals surface area contributed by atoms with Crippen molar-refractivity contribution in [3.63, 3.8) is 0 Å². The first-order chi connectivity index (χ1) is 10.2. The monoisotopic (exact) mass is 499 g/mol. The molecule has 0 saturated carbocycles. The van der Waals surface area contributed by atoms with E-state index in [9.17, 15) is 0 Å². The maximum atomic E-state index is 5.61. The van der Waals surface area contributed by atoms with E-state index in [1.165, 1.54) is 21.5 Å². The minimum Gasteiger partial charge on any atom is -0.381 e. The van der Waals surface area contributed by atoms with E-state index in [-0.39, 0.29) is 24.0 Å². The lowest BCUT2D eigenvalue weighted by Gasteiger charge is -2.24. The molecule has 0 radical (unpaired) electrons. The average molecular weight is 500 g/mol. The molecule has 0 aliphatic carbocycles. The maximum absolute atomic E-state index is 5.61. The fraction of sp³-hybridized carbons (Fsp3) is 0.667. The minimum absolute atomic E-state index is 0. The van der Waals surface area contributed by atoms with E-state index in [1.807, 2.05) is 0 Å². The summed E-state index contributed by atoms with van der Waals surface area (Å²) < 4.78 is 6.78. The van der Waals surface area contributed by atoms with Crippen LogP contribution in [0.1, 0.15) is 24.6 Å². The third-order valence-corrected chi connectivity index (χ3v) is 5.88. The fourth-order valence-electron chi connectivity index (χ4n) is 3.10. The van der Waals surface area contributed by atoms with Crippen LogP contribution in [0.5, 0.6) is 0 Å². The van der Waals surface area contributed by atoms with Gasteiger partial charge in [0.1, 0.15) is 0 Å². The number of nitrogens with one attached hydrogen (secondary N) is 1. The zero-order valence-corrected chi connectivity index (χ0v) is 17.5. The van der Waals surface area contributed by atoms with E-state index in [0.717, 1.165) is 45.4 Å². The molecule has 7 heteroatoms. The van der Waals surface area contributed by atoms with Crippen LogP contribution in [0.2, 0.25) is 0 Å². The Hall–Kier alpha value is 0.140. The van der Waals surface area contributed by atoms with E-state index in [4.69, 9.17) is 9.73 Å². The van der Waals surface area contributed by atoms with E-state index in [1.54, 1.807) is 11.3 Å². The summed E-state index contributed by atoms with van der Waals surface area (Å²) in [5.41, 5.74) is 0.377. The summed E-state index contributed by atoms with van der Waals surface area (Å²) in [6.07, 6.45) is 2.42. The number of hydrogen-bond donors (Lipinski definition) is 1. The number of likely N-dealkylation sites (tertiary alicyclic amines) is 1. The van der Waals surface area contributed by atoms with E-state index < -0.39 is 0 Å². The van der Waals surface area contributed by atoms with Crippen LogP contribution in [0.3, 0.4) is 0 Å². The van der Waals surface area contributed by atoms with Crippen molar-refractivity contribution in [2.45, 2.75) is 26.3 Å². The maximum Gasteiger partial charge on any atom is 0.194 e. The summed E-state index contributed by atoms with van der Waals surface area (Å²) in [5, 5.41) is 3.44. The Labute approximate surface area is 161 Å². The molecule has 124 valence electrons. The number of rotatable bonds is 3. The summed E-state index contributed by atoms with van der Waals surface area (Å²) in [6.45, 7) is 7.79. The summed E-state index contributed by atoms with van der Waals surface area (Å²) in [7, 11) is 0. The summed E-state index contributed by atoms with van der Waals surface area (Å²) >= 11 is 5.26. The van der Waals surface area contributed by atoms with Crippen LogP contribution in [0.15, 0.2) is 20.9 Å². The molecule has 0 bridgehead atoms. The van der Waals surface area contributed by atoms with Crippen molar-refractivity contribution in [2.24, 2.45) is 10.4 Å². The highest BCUT2D eigenvalue weighted by molar-refractivity contribution is 14.0. The molecule has 2 fully saturated rings. The van der Waals surface area contributed by atoms with Crippen LogP contribution < -0.4 is 5.32 Å². The van der Waals surface area contributed by atoms with Crippen LogP contribution in [-0.2, 0) is 11.3 Å². The molecule has 2 saturated heterocycles. The molecule has 1 spiro atoms. The Balaban J connectivity index is 0.00000176. The number of ether oxygens (including phenoxy) is 1. The van der Waals surface area contributed by atoms with Crippen molar-refractivity contribution in [3.05, 3.63) is 20.8 Å². The van der Waals surface area contributed by atoms with E-state index >= 15 is 0 Å². The molecule has 2 aliphatic rings. The Kier molecular flexibility index (Phi) is 6.97. The highest BCUT2D eigenvalue weighted by Crippen LogP contribution is 2.38. The minimum atomic E-state index is 0. The lowest BCUT2D eigenvalue weighted by Crippen LogP contribution is -2.41. The van der Waals surface area contributed by atoms with Gasteiger partial charge in [0.05, 0.1) is 16.9 Å². The number of halogens is 2. The normalized spacial score (nSPS) is 24.8. The molecular formula is C15H23BrIN3OS.